The van der Waals surface area contributed by atoms with Crippen LogP contribution in [-0.2, 0) is 9.84 Å². The van der Waals surface area contributed by atoms with Crippen LogP contribution in [0.5, 0.6) is 0 Å². The van der Waals surface area contributed by atoms with E-state index in [1.807, 2.05) is 6.07 Å². The van der Waals surface area contributed by atoms with E-state index in [1.54, 1.807) is 0 Å². The summed E-state index contributed by atoms with van der Waals surface area (Å²) in [6, 6.07) is 13.5. The van der Waals surface area contributed by atoms with Gasteiger partial charge in [-0.15, -0.1) is 0 Å². The van der Waals surface area contributed by atoms with Gasteiger partial charge in [0.25, 0.3) is 0 Å². The van der Waals surface area contributed by atoms with E-state index in [9.17, 15) is 12.8 Å². The van der Waals surface area contributed by atoms with E-state index in [0.717, 1.165) is 32.5 Å². The maximum atomic E-state index is 13.0. The number of sulfone groups is 1. The minimum absolute atomic E-state index is 0.0982. The number of aromatic nitrogens is 1. The average molecular weight is 401 g/mol. The number of H-pyrrole nitrogens is 1. The molecule has 1 saturated heterocycles. The second-order valence-electron chi connectivity index (χ2n) is 7.53. The number of benzene rings is 2. The Labute approximate surface area is 165 Å². The number of nitrogens with zero attached hydrogens (tertiary/aromatic N) is 1. The van der Waals surface area contributed by atoms with Crippen molar-refractivity contribution in [3.63, 3.8) is 0 Å². The maximum absolute atomic E-state index is 13.0. The van der Waals surface area contributed by atoms with Gasteiger partial charge in [-0.05, 0) is 80.7 Å². The number of rotatable bonds is 6. The van der Waals surface area contributed by atoms with E-state index >= 15 is 0 Å². The van der Waals surface area contributed by atoms with Crippen LogP contribution in [0.1, 0.15) is 30.7 Å². The first-order valence-electron chi connectivity index (χ1n) is 9.80. The van der Waals surface area contributed by atoms with Crippen molar-refractivity contribution in [1.82, 2.24) is 9.88 Å². The van der Waals surface area contributed by atoms with Gasteiger partial charge >= 0.3 is 0 Å². The molecule has 0 saturated carbocycles. The van der Waals surface area contributed by atoms with Gasteiger partial charge in [-0.3, -0.25) is 0 Å². The summed E-state index contributed by atoms with van der Waals surface area (Å²) in [4.78, 5) is 5.92. The largest absolute Gasteiger partial charge is 0.361 e. The lowest BCUT2D eigenvalue weighted by Gasteiger charge is -2.31. The van der Waals surface area contributed by atoms with Gasteiger partial charge in [-0.2, -0.15) is 0 Å². The molecule has 1 aliphatic rings. The Hall–Kier alpha value is -2.18. The van der Waals surface area contributed by atoms with Crippen molar-refractivity contribution in [2.24, 2.45) is 0 Å². The zero-order valence-corrected chi connectivity index (χ0v) is 16.6. The predicted molar refractivity (Wildman–Crippen MR) is 110 cm³/mol. The molecule has 148 valence electrons. The molecule has 4 nitrogen and oxygen atoms in total. The number of fused-ring (bicyclic) bond motifs is 1. The van der Waals surface area contributed by atoms with Crippen molar-refractivity contribution in [1.29, 1.82) is 0 Å². The molecule has 0 bridgehead atoms. The molecule has 28 heavy (non-hydrogen) atoms. The summed E-state index contributed by atoms with van der Waals surface area (Å²) in [5.74, 6) is 0.230. The fourth-order valence-electron chi connectivity index (χ4n) is 4.14. The number of piperidine rings is 1. The van der Waals surface area contributed by atoms with E-state index in [-0.39, 0.29) is 10.6 Å². The summed E-state index contributed by atoms with van der Waals surface area (Å²) >= 11 is 0. The number of likely N-dealkylation sites (tertiary alicyclic amines) is 1. The van der Waals surface area contributed by atoms with Crippen LogP contribution in [-0.4, -0.2) is 43.7 Å². The molecule has 2 aromatic carbocycles. The molecule has 0 radical (unpaired) electrons. The Bertz CT molecular complexity index is 1040. The van der Waals surface area contributed by atoms with Gasteiger partial charge in [0.1, 0.15) is 5.82 Å². The first-order valence-corrected chi connectivity index (χ1v) is 11.4. The minimum atomic E-state index is -3.35. The summed E-state index contributed by atoms with van der Waals surface area (Å²) in [7, 11) is -3.35. The first kappa shape index (κ1) is 19.2. The summed E-state index contributed by atoms with van der Waals surface area (Å²) < 4.78 is 37.7. The Kier molecular flexibility index (Phi) is 5.51. The highest BCUT2D eigenvalue weighted by Crippen LogP contribution is 2.33. The van der Waals surface area contributed by atoms with Gasteiger partial charge < -0.3 is 9.88 Å². The van der Waals surface area contributed by atoms with Crippen LogP contribution in [0, 0.1) is 5.82 Å². The maximum Gasteiger partial charge on any atom is 0.178 e. The smallest absolute Gasteiger partial charge is 0.178 e. The first-order chi connectivity index (χ1) is 13.5. The monoisotopic (exact) mass is 400 g/mol. The van der Waals surface area contributed by atoms with E-state index in [2.05, 4.69) is 34.3 Å². The molecule has 0 spiro atoms. The molecule has 0 unspecified atom stereocenters. The van der Waals surface area contributed by atoms with Gasteiger partial charge in [-0.1, -0.05) is 18.2 Å². The van der Waals surface area contributed by atoms with Crippen molar-refractivity contribution in [3.05, 3.63) is 66.1 Å². The molecule has 1 fully saturated rings. The third-order valence-electron chi connectivity index (χ3n) is 5.71. The summed E-state index contributed by atoms with van der Waals surface area (Å²) in [6.45, 7) is 2.75. The van der Waals surface area contributed by atoms with Crippen molar-refractivity contribution in [2.45, 2.75) is 30.1 Å². The fraction of sp³-hybridized carbons (Fsp3) is 0.364. The standard InChI is InChI=1S/C22H25FN2O2S/c23-18-6-8-19(9-7-18)28(26,27)15-3-12-25-13-10-17(11-14-25)21-16-24-22-5-2-1-4-20(21)22/h1-2,4-9,16-17,24H,3,10-15H2. The van der Waals surface area contributed by atoms with Crippen molar-refractivity contribution >= 4 is 20.7 Å². The van der Waals surface area contributed by atoms with Crippen molar-refractivity contribution in [2.75, 3.05) is 25.4 Å². The number of para-hydroxylation sites is 1. The SMILES string of the molecule is O=S(=O)(CCCN1CCC(c2c[nH]c3ccccc23)CC1)c1ccc(F)cc1. The van der Waals surface area contributed by atoms with Crippen LogP contribution in [0.3, 0.4) is 0 Å². The molecule has 0 atom stereocenters. The molecule has 0 aliphatic carbocycles. The molecule has 4 rings (SSSR count). The molecule has 1 aliphatic heterocycles. The zero-order valence-electron chi connectivity index (χ0n) is 15.8. The Morgan fingerprint density at radius 1 is 1.04 bits per heavy atom. The van der Waals surface area contributed by atoms with Crippen LogP contribution in [0.2, 0.25) is 0 Å². The van der Waals surface area contributed by atoms with Crippen LogP contribution >= 0.6 is 0 Å². The van der Waals surface area contributed by atoms with E-state index in [1.165, 1.54) is 40.7 Å². The predicted octanol–water partition coefficient (Wildman–Crippen LogP) is 4.35. The number of hydrogen-bond acceptors (Lipinski definition) is 3. The lowest BCUT2D eigenvalue weighted by atomic mass is 9.89. The third-order valence-corrected chi connectivity index (χ3v) is 7.53. The molecular weight excluding hydrogens is 375 g/mol. The molecule has 0 amide bonds. The second-order valence-corrected chi connectivity index (χ2v) is 9.64. The lowest BCUT2D eigenvalue weighted by molar-refractivity contribution is 0.213. The average Bonchev–Trinajstić information content (AvgIpc) is 3.13. The number of halogens is 1. The molecule has 6 heteroatoms. The van der Waals surface area contributed by atoms with Crippen LogP contribution < -0.4 is 0 Å². The van der Waals surface area contributed by atoms with Gasteiger partial charge in [0.2, 0.25) is 0 Å². The summed E-state index contributed by atoms with van der Waals surface area (Å²) in [5.41, 5.74) is 2.58. The molecule has 1 N–H and O–H groups in total. The van der Waals surface area contributed by atoms with Gasteiger partial charge in [-0.25, -0.2) is 12.8 Å². The summed E-state index contributed by atoms with van der Waals surface area (Å²) in [5, 5.41) is 1.31. The van der Waals surface area contributed by atoms with Gasteiger partial charge in [0.05, 0.1) is 10.6 Å². The molecule has 1 aromatic heterocycles. The highest BCUT2D eigenvalue weighted by atomic mass is 32.2. The number of nitrogens with one attached hydrogen (secondary N) is 1. The molecule has 3 aromatic rings. The Balaban J connectivity index is 1.28. The minimum Gasteiger partial charge on any atom is -0.361 e. The number of aromatic amines is 1. The number of hydrogen-bond donors (Lipinski definition) is 1. The second kappa shape index (κ2) is 8.05. The zero-order chi connectivity index (χ0) is 19.6. The highest BCUT2D eigenvalue weighted by molar-refractivity contribution is 7.91. The summed E-state index contributed by atoms with van der Waals surface area (Å²) in [6.07, 6.45) is 4.91. The van der Waals surface area contributed by atoms with Crippen molar-refractivity contribution < 1.29 is 12.8 Å². The third kappa shape index (κ3) is 4.13. The Morgan fingerprint density at radius 2 is 1.75 bits per heavy atom. The van der Waals surface area contributed by atoms with Gasteiger partial charge in [0, 0.05) is 17.1 Å². The van der Waals surface area contributed by atoms with Gasteiger partial charge in [0.15, 0.2) is 9.84 Å². The Morgan fingerprint density at radius 3 is 2.50 bits per heavy atom. The fourth-order valence-corrected chi connectivity index (χ4v) is 5.43. The van der Waals surface area contributed by atoms with E-state index < -0.39 is 15.7 Å². The molecular formula is C22H25FN2O2S. The quantitative estimate of drug-likeness (QED) is 0.626. The van der Waals surface area contributed by atoms with Crippen LogP contribution in [0.4, 0.5) is 4.39 Å². The highest BCUT2D eigenvalue weighted by Gasteiger charge is 2.23. The van der Waals surface area contributed by atoms with E-state index in [4.69, 9.17) is 0 Å². The van der Waals surface area contributed by atoms with Crippen molar-refractivity contribution in [3.8, 4) is 0 Å². The normalized spacial score (nSPS) is 16.6. The molecule has 2 heterocycles. The lowest BCUT2D eigenvalue weighted by Crippen LogP contribution is -2.34. The van der Waals surface area contributed by atoms with E-state index in [0.29, 0.717) is 12.3 Å². The van der Waals surface area contributed by atoms with Crippen LogP contribution in [0.15, 0.2) is 59.6 Å². The van der Waals surface area contributed by atoms with Crippen LogP contribution in [0.25, 0.3) is 10.9 Å². The topological polar surface area (TPSA) is 53.2 Å².